The zero-order valence-corrected chi connectivity index (χ0v) is 13.9. The van der Waals surface area contributed by atoms with Crippen LogP contribution in [0.25, 0.3) is 10.9 Å². The summed E-state index contributed by atoms with van der Waals surface area (Å²) in [4.78, 5) is 27.2. The molecule has 8 heteroatoms. The van der Waals surface area contributed by atoms with Crippen LogP contribution in [0.15, 0.2) is 53.5 Å². The molecule has 0 atom stereocenters. The molecule has 3 rings (SSSR count). The van der Waals surface area contributed by atoms with E-state index in [0.717, 1.165) is 30.0 Å². The number of nitrogens with one attached hydrogen (secondary N) is 2. The van der Waals surface area contributed by atoms with Gasteiger partial charge in [0.15, 0.2) is 0 Å². The van der Waals surface area contributed by atoms with Crippen molar-refractivity contribution in [2.24, 2.45) is 0 Å². The predicted molar refractivity (Wildman–Crippen MR) is 92.0 cm³/mol. The molecule has 0 unspecified atom stereocenters. The lowest BCUT2D eigenvalue weighted by molar-refractivity contribution is -0.137. The number of halogens is 4. The van der Waals surface area contributed by atoms with Crippen LogP contribution >= 0.6 is 0 Å². The molecule has 2 N–H and O–H groups in total. The van der Waals surface area contributed by atoms with Crippen molar-refractivity contribution in [2.45, 2.75) is 12.6 Å². The fraction of sp³-hybridized carbons (Fsp3) is 0.158. The molecule has 1 amide bonds. The number of rotatable bonds is 4. The lowest BCUT2D eigenvalue weighted by atomic mass is 10.1. The van der Waals surface area contributed by atoms with E-state index in [2.05, 4.69) is 10.3 Å². The third-order valence-corrected chi connectivity index (χ3v) is 4.07. The molecular formula is C19H14F4N2O2. The van der Waals surface area contributed by atoms with Crippen molar-refractivity contribution in [1.29, 1.82) is 0 Å². The van der Waals surface area contributed by atoms with Gasteiger partial charge in [0.1, 0.15) is 11.4 Å². The van der Waals surface area contributed by atoms with E-state index in [4.69, 9.17) is 0 Å². The van der Waals surface area contributed by atoms with Crippen molar-refractivity contribution in [3.8, 4) is 0 Å². The summed E-state index contributed by atoms with van der Waals surface area (Å²) in [5, 5.41) is 2.57. The van der Waals surface area contributed by atoms with Crippen LogP contribution in [0.4, 0.5) is 17.6 Å². The van der Waals surface area contributed by atoms with Gasteiger partial charge >= 0.3 is 6.18 Å². The van der Waals surface area contributed by atoms with Crippen molar-refractivity contribution in [3.05, 3.63) is 81.4 Å². The van der Waals surface area contributed by atoms with E-state index >= 15 is 0 Å². The van der Waals surface area contributed by atoms with Crippen LogP contribution in [0.3, 0.4) is 0 Å². The first-order valence-corrected chi connectivity index (χ1v) is 8.01. The number of carbonyl (C=O) groups is 1. The maximum absolute atomic E-state index is 12.9. The van der Waals surface area contributed by atoms with Crippen LogP contribution in [0.5, 0.6) is 0 Å². The molecule has 0 aliphatic carbocycles. The van der Waals surface area contributed by atoms with Crippen molar-refractivity contribution in [2.75, 3.05) is 6.54 Å². The van der Waals surface area contributed by atoms with E-state index in [9.17, 15) is 27.2 Å². The topological polar surface area (TPSA) is 62.0 Å². The standard InChI is InChI=1S/C19H14F4N2O2/c20-13-4-1-11(2-5-13)7-8-24-18(27)15-10-25-16-9-12(19(21,22)23)3-6-14(16)17(15)26/h1-6,9-10H,7-8H2,(H,24,27)(H,25,26). The van der Waals surface area contributed by atoms with Gasteiger partial charge in [-0.05, 0) is 42.3 Å². The Hall–Kier alpha value is -3.16. The molecule has 1 heterocycles. The lowest BCUT2D eigenvalue weighted by Crippen LogP contribution is -2.30. The van der Waals surface area contributed by atoms with Gasteiger partial charge in [0.2, 0.25) is 5.43 Å². The summed E-state index contributed by atoms with van der Waals surface area (Å²) in [5.74, 6) is -1.00. The van der Waals surface area contributed by atoms with Crippen LogP contribution in [0.2, 0.25) is 0 Å². The van der Waals surface area contributed by atoms with Crippen LogP contribution in [-0.2, 0) is 12.6 Å². The van der Waals surface area contributed by atoms with Gasteiger partial charge in [0.25, 0.3) is 5.91 Å². The van der Waals surface area contributed by atoms with E-state index in [0.29, 0.717) is 6.42 Å². The number of aromatic nitrogens is 1. The van der Waals surface area contributed by atoms with Crippen molar-refractivity contribution in [1.82, 2.24) is 10.3 Å². The highest BCUT2D eigenvalue weighted by atomic mass is 19.4. The van der Waals surface area contributed by atoms with Gasteiger partial charge < -0.3 is 10.3 Å². The summed E-state index contributed by atoms with van der Waals surface area (Å²) >= 11 is 0. The highest BCUT2D eigenvalue weighted by Crippen LogP contribution is 2.30. The molecule has 3 aromatic rings. The Morgan fingerprint density at radius 2 is 1.78 bits per heavy atom. The molecule has 0 saturated heterocycles. The second-order valence-corrected chi connectivity index (χ2v) is 5.92. The van der Waals surface area contributed by atoms with E-state index in [1.54, 1.807) is 12.1 Å². The number of alkyl halides is 3. The minimum Gasteiger partial charge on any atom is -0.360 e. The van der Waals surface area contributed by atoms with Crippen molar-refractivity contribution < 1.29 is 22.4 Å². The molecule has 0 radical (unpaired) electrons. The molecule has 0 spiro atoms. The number of aromatic amines is 1. The number of pyridine rings is 1. The summed E-state index contributed by atoms with van der Waals surface area (Å²) in [6, 6.07) is 8.46. The molecule has 0 fully saturated rings. The summed E-state index contributed by atoms with van der Waals surface area (Å²) in [5.41, 5.74) is -0.929. The van der Waals surface area contributed by atoms with Crippen LogP contribution in [0, 0.1) is 5.82 Å². The normalized spacial score (nSPS) is 11.6. The monoisotopic (exact) mass is 378 g/mol. The Morgan fingerprint density at radius 1 is 1.07 bits per heavy atom. The molecule has 1 aromatic heterocycles. The molecule has 0 bridgehead atoms. The average molecular weight is 378 g/mol. The fourth-order valence-electron chi connectivity index (χ4n) is 2.63. The first kappa shape index (κ1) is 18.6. The van der Waals surface area contributed by atoms with E-state index in [-0.39, 0.29) is 28.8 Å². The van der Waals surface area contributed by atoms with Gasteiger partial charge in [0.05, 0.1) is 5.56 Å². The maximum atomic E-state index is 12.9. The zero-order chi connectivity index (χ0) is 19.6. The quantitative estimate of drug-likeness (QED) is 0.681. The number of H-pyrrole nitrogens is 1. The third kappa shape index (κ3) is 4.16. The number of hydrogen-bond donors (Lipinski definition) is 2. The van der Waals surface area contributed by atoms with E-state index < -0.39 is 23.1 Å². The Morgan fingerprint density at radius 3 is 2.44 bits per heavy atom. The van der Waals surface area contributed by atoms with Crippen LogP contribution in [-0.4, -0.2) is 17.4 Å². The smallest absolute Gasteiger partial charge is 0.360 e. The molecule has 0 aliphatic rings. The molecular weight excluding hydrogens is 364 g/mol. The van der Waals surface area contributed by atoms with E-state index in [1.165, 1.54) is 12.1 Å². The largest absolute Gasteiger partial charge is 0.416 e. The van der Waals surface area contributed by atoms with E-state index in [1.807, 2.05) is 0 Å². The molecule has 0 saturated carbocycles. The highest BCUT2D eigenvalue weighted by Gasteiger charge is 2.30. The van der Waals surface area contributed by atoms with Crippen LogP contribution in [0.1, 0.15) is 21.5 Å². The molecule has 4 nitrogen and oxygen atoms in total. The summed E-state index contributed by atoms with van der Waals surface area (Å²) in [6.45, 7) is 0.217. The van der Waals surface area contributed by atoms with Gasteiger partial charge in [-0.1, -0.05) is 12.1 Å². The number of benzene rings is 2. The lowest BCUT2D eigenvalue weighted by Gasteiger charge is -2.09. The number of carbonyl (C=O) groups excluding carboxylic acids is 1. The third-order valence-electron chi connectivity index (χ3n) is 4.07. The van der Waals surface area contributed by atoms with Gasteiger partial charge in [-0.3, -0.25) is 9.59 Å². The summed E-state index contributed by atoms with van der Waals surface area (Å²) in [6.07, 6.45) is -2.99. The Kier molecular flexibility index (Phi) is 4.98. The summed E-state index contributed by atoms with van der Waals surface area (Å²) in [7, 11) is 0. The highest BCUT2D eigenvalue weighted by molar-refractivity contribution is 5.97. The first-order chi connectivity index (χ1) is 12.8. The summed E-state index contributed by atoms with van der Waals surface area (Å²) < 4.78 is 51.1. The second kappa shape index (κ2) is 7.22. The van der Waals surface area contributed by atoms with Crippen molar-refractivity contribution in [3.63, 3.8) is 0 Å². The molecule has 0 aliphatic heterocycles. The second-order valence-electron chi connectivity index (χ2n) is 5.92. The number of amides is 1. The van der Waals surface area contributed by atoms with Gasteiger partial charge in [-0.25, -0.2) is 4.39 Å². The Bertz CT molecular complexity index is 1040. The number of hydrogen-bond acceptors (Lipinski definition) is 2. The zero-order valence-electron chi connectivity index (χ0n) is 13.9. The Labute approximate surface area is 150 Å². The molecule has 2 aromatic carbocycles. The molecule has 27 heavy (non-hydrogen) atoms. The maximum Gasteiger partial charge on any atom is 0.416 e. The minimum absolute atomic E-state index is 0.00214. The molecule has 140 valence electrons. The van der Waals surface area contributed by atoms with Gasteiger partial charge in [0, 0.05) is 23.6 Å². The first-order valence-electron chi connectivity index (χ1n) is 8.01. The Balaban J connectivity index is 1.75. The average Bonchev–Trinajstić information content (AvgIpc) is 2.62. The number of fused-ring (bicyclic) bond motifs is 1. The predicted octanol–water partition coefficient (Wildman–Crippen LogP) is 3.66. The van der Waals surface area contributed by atoms with Crippen molar-refractivity contribution >= 4 is 16.8 Å². The van der Waals surface area contributed by atoms with Crippen LogP contribution < -0.4 is 10.7 Å². The SMILES string of the molecule is O=C(NCCc1ccc(F)cc1)c1c[nH]c2cc(C(F)(F)F)ccc2c1=O. The van der Waals surface area contributed by atoms with Gasteiger partial charge in [-0.15, -0.1) is 0 Å². The fourth-order valence-corrected chi connectivity index (χ4v) is 2.63. The van der Waals surface area contributed by atoms with Gasteiger partial charge in [-0.2, -0.15) is 13.2 Å². The minimum atomic E-state index is -4.53.